The topological polar surface area (TPSA) is 37.8 Å². The number of hydrogen-bond donors (Lipinski definition) is 1. The van der Waals surface area contributed by atoms with Gasteiger partial charge in [0.05, 0.1) is 0 Å². The predicted molar refractivity (Wildman–Crippen MR) is 87.1 cm³/mol. The van der Waals surface area contributed by atoms with E-state index in [2.05, 4.69) is 18.3 Å². The zero-order valence-electron chi connectivity index (χ0n) is 12.3. The summed E-state index contributed by atoms with van der Waals surface area (Å²) in [5, 5.41) is 4.22. The molecular formula is C17H20ClN3. The third-order valence-electron chi connectivity index (χ3n) is 3.77. The summed E-state index contributed by atoms with van der Waals surface area (Å²) in [6, 6.07) is 7.92. The summed E-state index contributed by atoms with van der Waals surface area (Å²) < 4.78 is 0. The molecule has 0 amide bonds. The molecule has 0 saturated heterocycles. The van der Waals surface area contributed by atoms with Crippen molar-refractivity contribution < 1.29 is 0 Å². The van der Waals surface area contributed by atoms with Crippen molar-refractivity contribution in [1.29, 1.82) is 0 Å². The van der Waals surface area contributed by atoms with Gasteiger partial charge in [-0.05, 0) is 43.4 Å². The number of anilines is 1. The summed E-state index contributed by atoms with van der Waals surface area (Å²) in [6.07, 6.45) is 5.18. The van der Waals surface area contributed by atoms with Crippen LogP contribution in [-0.4, -0.2) is 16.5 Å². The van der Waals surface area contributed by atoms with Crippen LogP contribution in [0, 0.1) is 0 Å². The van der Waals surface area contributed by atoms with Gasteiger partial charge in [-0.2, -0.15) is 0 Å². The highest BCUT2D eigenvalue weighted by Gasteiger charge is 2.19. The quantitative estimate of drug-likeness (QED) is 0.906. The molecule has 21 heavy (non-hydrogen) atoms. The van der Waals surface area contributed by atoms with Gasteiger partial charge in [-0.25, -0.2) is 9.97 Å². The van der Waals surface area contributed by atoms with Crippen molar-refractivity contribution in [3.05, 3.63) is 51.9 Å². The minimum atomic E-state index is 0.731. The summed E-state index contributed by atoms with van der Waals surface area (Å²) >= 11 is 6.05. The molecule has 1 N–H and O–H groups in total. The number of benzene rings is 1. The van der Waals surface area contributed by atoms with Crippen LogP contribution in [0.4, 0.5) is 5.82 Å². The molecule has 0 spiro atoms. The van der Waals surface area contributed by atoms with Gasteiger partial charge in [0.25, 0.3) is 0 Å². The van der Waals surface area contributed by atoms with Crippen molar-refractivity contribution in [3.8, 4) is 0 Å². The van der Waals surface area contributed by atoms with Gasteiger partial charge in [-0.1, -0.05) is 30.7 Å². The Balaban J connectivity index is 1.88. The molecule has 0 bridgehead atoms. The second-order valence-corrected chi connectivity index (χ2v) is 5.94. The van der Waals surface area contributed by atoms with Gasteiger partial charge in [0, 0.05) is 29.2 Å². The summed E-state index contributed by atoms with van der Waals surface area (Å²) in [5.74, 6) is 1.92. The van der Waals surface area contributed by atoms with E-state index >= 15 is 0 Å². The van der Waals surface area contributed by atoms with Crippen molar-refractivity contribution >= 4 is 17.4 Å². The fourth-order valence-corrected chi connectivity index (χ4v) is 2.99. The molecule has 1 aromatic heterocycles. The van der Waals surface area contributed by atoms with Crippen LogP contribution in [0.5, 0.6) is 0 Å². The second-order valence-electron chi connectivity index (χ2n) is 5.50. The van der Waals surface area contributed by atoms with Crippen LogP contribution < -0.4 is 5.32 Å². The maximum atomic E-state index is 6.05. The van der Waals surface area contributed by atoms with E-state index in [1.54, 1.807) is 0 Å². The van der Waals surface area contributed by atoms with Gasteiger partial charge in [-0.15, -0.1) is 0 Å². The number of nitrogens with zero attached hydrogens (tertiary/aromatic N) is 2. The van der Waals surface area contributed by atoms with Crippen molar-refractivity contribution in [2.24, 2.45) is 0 Å². The molecule has 0 aliphatic heterocycles. The Hall–Kier alpha value is -1.61. The van der Waals surface area contributed by atoms with Crippen LogP contribution in [0.15, 0.2) is 24.3 Å². The molecule has 110 valence electrons. The third-order valence-corrected chi connectivity index (χ3v) is 4.01. The first-order valence-electron chi connectivity index (χ1n) is 7.63. The lowest BCUT2D eigenvalue weighted by atomic mass is 10.1. The second kappa shape index (κ2) is 6.44. The number of hydrogen-bond acceptors (Lipinski definition) is 3. The lowest BCUT2D eigenvalue weighted by Gasteiger charge is -2.11. The minimum absolute atomic E-state index is 0.731. The first kappa shape index (κ1) is 14.3. The zero-order valence-corrected chi connectivity index (χ0v) is 13.1. The van der Waals surface area contributed by atoms with E-state index in [4.69, 9.17) is 21.6 Å². The van der Waals surface area contributed by atoms with Crippen LogP contribution >= 0.6 is 11.6 Å². The van der Waals surface area contributed by atoms with Crippen LogP contribution in [-0.2, 0) is 19.3 Å². The normalized spacial score (nSPS) is 13.2. The molecule has 0 radical (unpaired) electrons. The Kier molecular flexibility index (Phi) is 4.39. The average Bonchev–Trinajstić information content (AvgIpc) is 2.93. The Bertz CT molecular complexity index is 640. The smallest absolute Gasteiger partial charge is 0.135 e. The predicted octanol–water partition coefficient (Wildman–Crippen LogP) is 4.03. The van der Waals surface area contributed by atoms with Crippen LogP contribution in [0.2, 0.25) is 5.02 Å². The molecule has 0 atom stereocenters. The fourth-order valence-electron chi connectivity index (χ4n) is 2.78. The van der Waals surface area contributed by atoms with Crippen molar-refractivity contribution in [3.63, 3.8) is 0 Å². The summed E-state index contributed by atoms with van der Waals surface area (Å²) in [4.78, 5) is 9.49. The average molecular weight is 302 g/mol. The fraction of sp³-hybridized carbons (Fsp3) is 0.412. The molecule has 1 aromatic carbocycles. The van der Waals surface area contributed by atoms with Gasteiger partial charge in [0.2, 0.25) is 0 Å². The first-order valence-corrected chi connectivity index (χ1v) is 8.01. The number of aromatic nitrogens is 2. The molecule has 3 rings (SSSR count). The van der Waals surface area contributed by atoms with Crippen molar-refractivity contribution in [1.82, 2.24) is 9.97 Å². The molecule has 0 fully saturated rings. The third kappa shape index (κ3) is 3.35. The number of nitrogens with one attached hydrogen (secondary N) is 1. The molecule has 3 nitrogen and oxygen atoms in total. The van der Waals surface area contributed by atoms with Gasteiger partial charge in [0.1, 0.15) is 11.6 Å². The van der Waals surface area contributed by atoms with E-state index in [0.717, 1.165) is 54.5 Å². The monoisotopic (exact) mass is 301 g/mol. The van der Waals surface area contributed by atoms with E-state index < -0.39 is 0 Å². The summed E-state index contributed by atoms with van der Waals surface area (Å²) in [5.41, 5.74) is 3.70. The first-order chi connectivity index (χ1) is 10.3. The number of halogens is 1. The molecule has 1 heterocycles. The van der Waals surface area contributed by atoms with Crippen molar-refractivity contribution in [2.75, 3.05) is 11.9 Å². The Morgan fingerprint density at radius 3 is 2.95 bits per heavy atom. The van der Waals surface area contributed by atoms with Crippen LogP contribution in [0.1, 0.15) is 42.4 Å². The maximum Gasteiger partial charge on any atom is 0.135 e. The molecular weight excluding hydrogens is 282 g/mol. The van der Waals surface area contributed by atoms with Crippen LogP contribution in [0.3, 0.4) is 0 Å². The molecule has 1 aliphatic carbocycles. The number of aryl methyl sites for hydroxylation is 1. The highest BCUT2D eigenvalue weighted by atomic mass is 35.5. The number of fused-ring (bicyclic) bond motifs is 1. The standard InChI is InChI=1S/C17H20ClN3/c1-2-9-19-17-14-7-4-8-15(14)20-16(21-17)11-12-5-3-6-13(18)10-12/h3,5-6,10H,2,4,7-9,11H2,1H3,(H,19,20,21). The van der Waals surface area contributed by atoms with Gasteiger partial charge in [0.15, 0.2) is 0 Å². The van der Waals surface area contributed by atoms with E-state index in [-0.39, 0.29) is 0 Å². The molecule has 2 aromatic rings. The SMILES string of the molecule is CCCNc1nc(Cc2cccc(Cl)c2)nc2c1CCC2. The maximum absolute atomic E-state index is 6.05. The Morgan fingerprint density at radius 2 is 2.14 bits per heavy atom. The highest BCUT2D eigenvalue weighted by molar-refractivity contribution is 6.30. The lowest BCUT2D eigenvalue weighted by Crippen LogP contribution is -2.10. The van der Waals surface area contributed by atoms with Crippen LogP contribution in [0.25, 0.3) is 0 Å². The van der Waals surface area contributed by atoms with Gasteiger partial charge < -0.3 is 5.32 Å². The Labute approximate surface area is 130 Å². The van der Waals surface area contributed by atoms with E-state index in [9.17, 15) is 0 Å². The van der Waals surface area contributed by atoms with E-state index in [1.165, 1.54) is 17.7 Å². The van der Waals surface area contributed by atoms with Gasteiger partial charge >= 0.3 is 0 Å². The Morgan fingerprint density at radius 1 is 1.24 bits per heavy atom. The minimum Gasteiger partial charge on any atom is -0.370 e. The molecule has 1 aliphatic rings. The summed E-state index contributed by atoms with van der Waals surface area (Å²) in [6.45, 7) is 3.13. The van der Waals surface area contributed by atoms with E-state index in [0.29, 0.717) is 0 Å². The molecule has 4 heteroatoms. The zero-order chi connectivity index (χ0) is 14.7. The number of rotatable bonds is 5. The molecule has 0 unspecified atom stereocenters. The van der Waals surface area contributed by atoms with Crippen molar-refractivity contribution in [2.45, 2.75) is 39.0 Å². The van der Waals surface area contributed by atoms with E-state index in [1.807, 2.05) is 18.2 Å². The van der Waals surface area contributed by atoms with Gasteiger partial charge in [-0.3, -0.25) is 0 Å². The lowest BCUT2D eigenvalue weighted by molar-refractivity contribution is 0.884. The molecule has 0 saturated carbocycles. The largest absolute Gasteiger partial charge is 0.370 e. The highest BCUT2D eigenvalue weighted by Crippen LogP contribution is 2.27. The summed E-state index contributed by atoms with van der Waals surface area (Å²) in [7, 11) is 0.